The first kappa shape index (κ1) is 12.9. The second-order valence-electron chi connectivity index (χ2n) is 5.32. The molecule has 0 bridgehead atoms. The lowest BCUT2D eigenvalue weighted by Gasteiger charge is -2.38. The fraction of sp³-hybridized carbons (Fsp3) is 0.857. The maximum atomic E-state index is 10.6. The van der Waals surface area contributed by atoms with Gasteiger partial charge in [0.1, 0.15) is 11.4 Å². The first-order chi connectivity index (χ1) is 8.24. The maximum absolute atomic E-state index is 10.6. The molecule has 0 atom stereocenters. The fourth-order valence-corrected chi connectivity index (χ4v) is 2.78. The van der Waals surface area contributed by atoms with Crippen molar-refractivity contribution in [3.05, 3.63) is 11.8 Å². The van der Waals surface area contributed by atoms with Gasteiger partial charge >= 0.3 is 0 Å². The fourth-order valence-electron chi connectivity index (χ4n) is 2.78. The highest BCUT2D eigenvalue weighted by atomic mass is 16.5. The summed E-state index contributed by atoms with van der Waals surface area (Å²) in [4.78, 5) is 0. The molecule has 2 rings (SSSR count). The molecule has 0 amide bonds. The van der Waals surface area contributed by atoms with Crippen LogP contribution in [0.3, 0.4) is 0 Å². The van der Waals surface area contributed by atoms with Crippen LogP contribution in [-0.4, -0.2) is 29.9 Å². The van der Waals surface area contributed by atoms with Crippen LogP contribution in [0.15, 0.2) is 11.8 Å². The van der Waals surface area contributed by atoms with Crippen LogP contribution in [0.5, 0.6) is 0 Å². The minimum atomic E-state index is -0.676. The topological polar surface area (TPSA) is 41.5 Å². The second-order valence-corrected chi connectivity index (χ2v) is 5.32. The number of ether oxygens (including phenoxy) is 1. The van der Waals surface area contributed by atoms with Gasteiger partial charge in [-0.05, 0) is 57.6 Å². The Labute approximate surface area is 104 Å². The summed E-state index contributed by atoms with van der Waals surface area (Å²) in [7, 11) is 0. The molecule has 1 saturated carbocycles. The van der Waals surface area contributed by atoms with Crippen LogP contribution in [0.4, 0.5) is 0 Å². The third kappa shape index (κ3) is 3.23. The van der Waals surface area contributed by atoms with Gasteiger partial charge in [-0.3, -0.25) is 0 Å². The van der Waals surface area contributed by atoms with Crippen molar-refractivity contribution >= 4 is 0 Å². The van der Waals surface area contributed by atoms with Gasteiger partial charge < -0.3 is 15.2 Å². The number of hydrogen-bond acceptors (Lipinski definition) is 3. The van der Waals surface area contributed by atoms with E-state index in [2.05, 4.69) is 18.3 Å². The molecule has 2 N–H and O–H groups in total. The predicted molar refractivity (Wildman–Crippen MR) is 68.8 cm³/mol. The molecule has 1 heterocycles. The molecule has 98 valence electrons. The Kier molecular flexibility index (Phi) is 4.46. The van der Waals surface area contributed by atoms with E-state index in [9.17, 15) is 5.11 Å². The third-order valence-electron chi connectivity index (χ3n) is 3.89. The molecular weight excluding hydrogens is 214 g/mol. The summed E-state index contributed by atoms with van der Waals surface area (Å²) >= 11 is 0. The van der Waals surface area contributed by atoms with Crippen LogP contribution < -0.4 is 5.32 Å². The lowest BCUT2D eigenvalue weighted by Crippen LogP contribution is -2.43. The largest absolute Gasteiger partial charge is 0.495 e. The van der Waals surface area contributed by atoms with E-state index in [1.807, 2.05) is 0 Å². The molecule has 1 fully saturated rings. The molecule has 3 heteroatoms. The minimum Gasteiger partial charge on any atom is -0.495 e. The Hall–Kier alpha value is -0.540. The zero-order valence-electron chi connectivity index (χ0n) is 10.9. The van der Waals surface area contributed by atoms with Crippen LogP contribution >= 0.6 is 0 Å². The predicted octanol–water partition coefficient (Wildman–Crippen LogP) is 2.35. The lowest BCUT2D eigenvalue weighted by atomic mass is 9.80. The van der Waals surface area contributed by atoms with Crippen LogP contribution in [0, 0.1) is 0 Å². The van der Waals surface area contributed by atoms with E-state index in [4.69, 9.17) is 4.74 Å². The van der Waals surface area contributed by atoms with Crippen molar-refractivity contribution < 1.29 is 9.84 Å². The lowest BCUT2D eigenvalue weighted by molar-refractivity contribution is -0.0272. The van der Waals surface area contributed by atoms with Crippen LogP contribution in [-0.2, 0) is 4.74 Å². The van der Waals surface area contributed by atoms with E-state index in [0.29, 0.717) is 6.04 Å². The van der Waals surface area contributed by atoms with E-state index in [0.717, 1.165) is 57.4 Å². The Morgan fingerprint density at radius 1 is 1.47 bits per heavy atom. The molecule has 0 aromatic carbocycles. The Morgan fingerprint density at radius 3 is 2.82 bits per heavy atom. The summed E-state index contributed by atoms with van der Waals surface area (Å²) in [5.74, 6) is 0.845. The highest BCUT2D eigenvalue weighted by Gasteiger charge is 2.38. The first-order valence-corrected chi connectivity index (χ1v) is 7.04. The van der Waals surface area contributed by atoms with Gasteiger partial charge in [0.25, 0.3) is 0 Å². The standard InChI is InChI=1S/C14H25NO2/c1-2-10-15-12-6-8-14(16,9-7-12)13-5-3-4-11-17-13/h5,12,15-16H,2-4,6-11H2,1H3. The van der Waals surface area contributed by atoms with E-state index in [1.54, 1.807) is 0 Å². The molecule has 0 radical (unpaired) electrons. The monoisotopic (exact) mass is 239 g/mol. The number of rotatable bonds is 4. The molecular formula is C14H25NO2. The van der Waals surface area contributed by atoms with Crippen molar-refractivity contribution in [1.29, 1.82) is 0 Å². The third-order valence-corrected chi connectivity index (χ3v) is 3.89. The van der Waals surface area contributed by atoms with Crippen molar-refractivity contribution in [2.24, 2.45) is 0 Å². The SMILES string of the molecule is CCCNC1CCC(O)(C2=CCCCO2)CC1. The van der Waals surface area contributed by atoms with Gasteiger partial charge in [-0.2, -0.15) is 0 Å². The van der Waals surface area contributed by atoms with E-state index in [-0.39, 0.29) is 0 Å². The average molecular weight is 239 g/mol. The van der Waals surface area contributed by atoms with Crippen molar-refractivity contribution in [1.82, 2.24) is 5.32 Å². The smallest absolute Gasteiger partial charge is 0.124 e. The minimum absolute atomic E-state index is 0.583. The zero-order valence-corrected chi connectivity index (χ0v) is 10.9. The van der Waals surface area contributed by atoms with Crippen LogP contribution in [0.25, 0.3) is 0 Å². The summed E-state index contributed by atoms with van der Waals surface area (Å²) in [6, 6.07) is 0.583. The molecule has 0 saturated heterocycles. The number of nitrogens with one attached hydrogen (secondary N) is 1. The van der Waals surface area contributed by atoms with E-state index >= 15 is 0 Å². The van der Waals surface area contributed by atoms with Crippen molar-refractivity contribution in [3.63, 3.8) is 0 Å². The summed E-state index contributed by atoms with van der Waals surface area (Å²) in [6.07, 6.45) is 9.17. The van der Waals surface area contributed by atoms with Gasteiger partial charge in [0.05, 0.1) is 6.61 Å². The Balaban J connectivity index is 1.86. The number of hydrogen-bond donors (Lipinski definition) is 2. The second kappa shape index (κ2) is 5.87. The molecule has 1 aliphatic heterocycles. The Bertz CT molecular complexity index is 267. The molecule has 0 aromatic heterocycles. The summed E-state index contributed by atoms with van der Waals surface area (Å²) in [6.45, 7) is 4.04. The molecule has 0 aromatic rings. The first-order valence-electron chi connectivity index (χ1n) is 7.04. The maximum Gasteiger partial charge on any atom is 0.124 e. The average Bonchev–Trinajstić information content (AvgIpc) is 2.39. The molecule has 3 nitrogen and oxygen atoms in total. The highest BCUT2D eigenvalue weighted by Crippen LogP contribution is 2.36. The van der Waals surface area contributed by atoms with Gasteiger partial charge in [-0.15, -0.1) is 0 Å². The number of aliphatic hydroxyl groups is 1. The highest BCUT2D eigenvalue weighted by molar-refractivity contribution is 5.13. The summed E-state index contributed by atoms with van der Waals surface area (Å²) < 4.78 is 5.63. The quantitative estimate of drug-likeness (QED) is 0.791. The molecule has 0 spiro atoms. The van der Waals surface area contributed by atoms with Gasteiger partial charge in [0.15, 0.2) is 0 Å². The van der Waals surface area contributed by atoms with E-state index in [1.165, 1.54) is 6.42 Å². The molecule has 17 heavy (non-hydrogen) atoms. The van der Waals surface area contributed by atoms with Crippen molar-refractivity contribution in [3.8, 4) is 0 Å². The summed E-state index contributed by atoms with van der Waals surface area (Å²) in [5, 5.41) is 14.2. The molecule has 2 aliphatic rings. The van der Waals surface area contributed by atoms with Crippen LogP contribution in [0.1, 0.15) is 51.9 Å². The normalized spacial score (nSPS) is 34.0. The van der Waals surface area contributed by atoms with Gasteiger partial charge in [0.2, 0.25) is 0 Å². The zero-order chi connectivity index (χ0) is 12.1. The van der Waals surface area contributed by atoms with Gasteiger partial charge in [0, 0.05) is 6.04 Å². The van der Waals surface area contributed by atoms with Crippen molar-refractivity contribution in [2.45, 2.75) is 63.5 Å². The Morgan fingerprint density at radius 2 is 2.24 bits per heavy atom. The van der Waals surface area contributed by atoms with Crippen molar-refractivity contribution in [2.75, 3.05) is 13.2 Å². The van der Waals surface area contributed by atoms with E-state index < -0.39 is 5.60 Å². The molecule has 1 aliphatic carbocycles. The summed E-state index contributed by atoms with van der Waals surface area (Å²) in [5.41, 5.74) is -0.676. The van der Waals surface area contributed by atoms with Gasteiger partial charge in [-0.25, -0.2) is 0 Å². The van der Waals surface area contributed by atoms with Gasteiger partial charge in [-0.1, -0.05) is 6.92 Å². The molecule has 0 unspecified atom stereocenters. The number of allylic oxidation sites excluding steroid dienone is 1. The van der Waals surface area contributed by atoms with Crippen LogP contribution in [0.2, 0.25) is 0 Å².